The van der Waals surface area contributed by atoms with Gasteiger partial charge < -0.3 is 5.11 Å². The zero-order valence-electron chi connectivity index (χ0n) is 5.47. The number of aliphatic hydroxyl groups excluding tert-OH is 1. The van der Waals surface area contributed by atoms with Crippen LogP contribution in [0.5, 0.6) is 0 Å². The first-order chi connectivity index (χ1) is 4.34. The van der Waals surface area contributed by atoms with Crippen molar-refractivity contribution < 1.29 is 22.5 Å². The van der Waals surface area contributed by atoms with Crippen molar-refractivity contribution in [2.24, 2.45) is 5.11 Å². The van der Waals surface area contributed by atoms with Gasteiger partial charge in [-0.1, -0.05) is 11.5 Å². The van der Waals surface area contributed by atoms with E-state index in [0.29, 0.717) is 0 Å². The molecule has 0 aromatic rings. The molecule has 0 aliphatic heterocycles. The number of azide groups is 1. The summed E-state index contributed by atoms with van der Waals surface area (Å²) in [6.07, 6.45) is 2.21. The summed E-state index contributed by atoms with van der Waals surface area (Å²) in [5.74, 6) is 0. The summed E-state index contributed by atoms with van der Waals surface area (Å²) < 4.78 is 0. The Morgan fingerprint density at radius 3 is 2.60 bits per heavy atom. The van der Waals surface area contributed by atoms with Gasteiger partial charge in [0.25, 0.3) is 0 Å². The van der Waals surface area contributed by atoms with Gasteiger partial charge in [0.2, 0.25) is 0 Å². The van der Waals surface area contributed by atoms with Crippen molar-refractivity contribution in [2.45, 2.75) is 31.4 Å². The van der Waals surface area contributed by atoms with Crippen LogP contribution in [0.4, 0.5) is 0 Å². The molecule has 0 aromatic carbocycles. The molecular formula is C5H9CrN3O. The molecule has 0 unspecified atom stereocenters. The molecule has 5 heteroatoms. The van der Waals surface area contributed by atoms with Gasteiger partial charge in [-0.3, -0.25) is 0 Å². The maximum absolute atomic E-state index is 9.06. The average Bonchev–Trinajstić information content (AvgIpc) is 2.18. The van der Waals surface area contributed by atoms with E-state index in [1.54, 1.807) is 0 Å². The molecule has 4 nitrogen and oxygen atoms in total. The maximum atomic E-state index is 9.06. The molecule has 0 heterocycles. The first-order valence-corrected chi connectivity index (χ1v) is 3.07. The molecule has 1 fully saturated rings. The van der Waals surface area contributed by atoms with Crippen LogP contribution < -0.4 is 0 Å². The molecule has 1 rings (SSSR count). The molecule has 56 valence electrons. The van der Waals surface area contributed by atoms with Crippen LogP contribution in [0, 0.1) is 0 Å². The summed E-state index contributed by atoms with van der Waals surface area (Å²) in [5.41, 5.74) is 7.99. The van der Waals surface area contributed by atoms with Crippen molar-refractivity contribution in [3.63, 3.8) is 0 Å². The molecule has 0 saturated heterocycles. The minimum absolute atomic E-state index is 0. The van der Waals surface area contributed by atoms with Crippen LogP contribution in [-0.4, -0.2) is 17.3 Å². The second kappa shape index (κ2) is 4.59. The Balaban J connectivity index is 0.000000810. The fourth-order valence-corrected chi connectivity index (χ4v) is 1.12. The molecule has 0 spiro atoms. The van der Waals surface area contributed by atoms with Gasteiger partial charge in [0, 0.05) is 22.3 Å². The maximum Gasteiger partial charge on any atom is 0.0633 e. The quantitative estimate of drug-likeness (QED) is 0.367. The minimum atomic E-state index is -0.388. The van der Waals surface area contributed by atoms with Crippen molar-refractivity contribution in [3.8, 4) is 0 Å². The van der Waals surface area contributed by atoms with E-state index in [9.17, 15) is 0 Å². The second-order valence-electron chi connectivity index (χ2n) is 2.27. The van der Waals surface area contributed by atoms with Gasteiger partial charge in [0.1, 0.15) is 0 Å². The van der Waals surface area contributed by atoms with Crippen LogP contribution in [0.3, 0.4) is 0 Å². The summed E-state index contributed by atoms with van der Waals surface area (Å²) in [5, 5.41) is 12.5. The van der Waals surface area contributed by atoms with Crippen LogP contribution >= 0.6 is 0 Å². The Labute approximate surface area is 70.0 Å². The van der Waals surface area contributed by atoms with Crippen molar-refractivity contribution in [2.75, 3.05) is 0 Å². The first kappa shape index (κ1) is 9.80. The second-order valence-corrected chi connectivity index (χ2v) is 2.27. The summed E-state index contributed by atoms with van der Waals surface area (Å²) >= 11 is 0. The summed E-state index contributed by atoms with van der Waals surface area (Å²) in [4.78, 5) is 2.63. The Bertz CT molecular complexity index is 146. The van der Waals surface area contributed by atoms with Crippen molar-refractivity contribution in [3.05, 3.63) is 10.4 Å². The Hall–Kier alpha value is -0.198. The Morgan fingerprint density at radius 1 is 1.50 bits per heavy atom. The summed E-state index contributed by atoms with van der Waals surface area (Å²) in [6, 6.07) is -0.157. The van der Waals surface area contributed by atoms with Crippen LogP contribution in [0.15, 0.2) is 5.11 Å². The fraction of sp³-hybridized carbons (Fsp3) is 1.00. The van der Waals surface area contributed by atoms with Gasteiger partial charge in [-0.05, 0) is 18.4 Å². The van der Waals surface area contributed by atoms with Gasteiger partial charge >= 0.3 is 0 Å². The third-order valence-corrected chi connectivity index (χ3v) is 1.64. The molecule has 0 bridgehead atoms. The monoisotopic (exact) mass is 179 g/mol. The van der Waals surface area contributed by atoms with Crippen LogP contribution in [0.2, 0.25) is 0 Å². The van der Waals surface area contributed by atoms with E-state index in [2.05, 4.69) is 10.0 Å². The van der Waals surface area contributed by atoms with Crippen molar-refractivity contribution in [1.82, 2.24) is 0 Å². The molecule has 10 heavy (non-hydrogen) atoms. The molecular weight excluding hydrogens is 170 g/mol. The largest absolute Gasteiger partial charge is 0.393 e. The van der Waals surface area contributed by atoms with E-state index >= 15 is 0 Å². The molecule has 0 aromatic heterocycles. The van der Waals surface area contributed by atoms with Crippen LogP contribution in [0.25, 0.3) is 10.4 Å². The predicted octanol–water partition coefficient (Wildman–Crippen LogP) is 1.21. The normalized spacial score (nSPS) is 30.5. The molecule has 1 aliphatic rings. The van der Waals surface area contributed by atoms with E-state index in [-0.39, 0.29) is 29.5 Å². The number of hydrogen-bond acceptors (Lipinski definition) is 2. The van der Waals surface area contributed by atoms with Gasteiger partial charge in [0.15, 0.2) is 0 Å². The standard InChI is InChI=1S/C5H9N3O.Cr/c6-8-7-4-2-1-3-5(4)9;/h4-5,9H,1-3H2;/t4-,5-;/m0./s1. The number of aliphatic hydroxyl groups is 1. The van der Waals surface area contributed by atoms with E-state index in [0.717, 1.165) is 19.3 Å². The Kier molecular flexibility index (Phi) is 4.50. The molecule has 1 aliphatic carbocycles. The van der Waals surface area contributed by atoms with Crippen molar-refractivity contribution >= 4 is 0 Å². The van der Waals surface area contributed by atoms with E-state index in [1.807, 2.05) is 0 Å². The third kappa shape index (κ3) is 2.20. The van der Waals surface area contributed by atoms with Gasteiger partial charge in [0.05, 0.1) is 12.1 Å². The van der Waals surface area contributed by atoms with E-state index in [4.69, 9.17) is 10.6 Å². The molecule has 0 radical (unpaired) electrons. The fourth-order valence-electron chi connectivity index (χ4n) is 1.12. The SMILES string of the molecule is [Cr].[N-]=[N+]=N[C@H]1CCC[C@@H]1O. The zero-order valence-corrected chi connectivity index (χ0v) is 6.75. The topological polar surface area (TPSA) is 69.0 Å². The van der Waals surface area contributed by atoms with Gasteiger partial charge in [-0.15, -0.1) is 0 Å². The molecule has 1 N–H and O–H groups in total. The number of rotatable bonds is 1. The number of hydrogen-bond donors (Lipinski definition) is 1. The molecule has 0 amide bonds. The smallest absolute Gasteiger partial charge is 0.0633 e. The summed E-state index contributed by atoms with van der Waals surface area (Å²) in [6.45, 7) is 0. The predicted molar refractivity (Wildman–Crippen MR) is 32.8 cm³/mol. The summed E-state index contributed by atoms with van der Waals surface area (Å²) in [7, 11) is 0. The molecule has 2 atom stereocenters. The third-order valence-electron chi connectivity index (χ3n) is 1.64. The zero-order chi connectivity index (χ0) is 6.69. The van der Waals surface area contributed by atoms with E-state index < -0.39 is 0 Å². The van der Waals surface area contributed by atoms with Gasteiger partial charge in [-0.2, -0.15) is 0 Å². The van der Waals surface area contributed by atoms with Crippen LogP contribution in [-0.2, 0) is 17.4 Å². The number of nitrogens with zero attached hydrogens (tertiary/aromatic N) is 3. The average molecular weight is 179 g/mol. The van der Waals surface area contributed by atoms with E-state index in [1.165, 1.54) is 0 Å². The first-order valence-electron chi connectivity index (χ1n) is 3.07. The van der Waals surface area contributed by atoms with Crippen molar-refractivity contribution in [1.29, 1.82) is 0 Å². The molecule has 1 saturated carbocycles. The van der Waals surface area contributed by atoms with Crippen LogP contribution in [0.1, 0.15) is 19.3 Å². The Morgan fingerprint density at radius 2 is 2.20 bits per heavy atom. The minimum Gasteiger partial charge on any atom is -0.393 e. The van der Waals surface area contributed by atoms with Gasteiger partial charge in [-0.25, -0.2) is 0 Å².